The summed E-state index contributed by atoms with van der Waals surface area (Å²) in [5.74, 6) is -0.446. The van der Waals surface area contributed by atoms with E-state index in [1.165, 1.54) is 12.1 Å². The largest absolute Gasteiger partial charge is 0.359 e. The minimum Gasteiger partial charge on any atom is -0.359 e. The number of imide groups is 1. The molecule has 1 heterocycles. The van der Waals surface area contributed by atoms with Crippen molar-refractivity contribution < 1.29 is 21.9 Å². The molecule has 1 aliphatic heterocycles. The summed E-state index contributed by atoms with van der Waals surface area (Å²) < 4.78 is 35.8. The van der Waals surface area contributed by atoms with Crippen LogP contribution >= 0.6 is 0 Å². The number of anilines is 1. The van der Waals surface area contributed by atoms with Crippen LogP contribution < -0.4 is 10.2 Å². The molecule has 120 valence electrons. The minimum atomic E-state index is -4.80. The molecule has 0 aliphatic carbocycles. The number of carbonyl (C=O) groups is 2. The van der Waals surface area contributed by atoms with Crippen LogP contribution in [0.3, 0.4) is 0 Å². The Morgan fingerprint density at radius 2 is 2.23 bits per heavy atom. The summed E-state index contributed by atoms with van der Waals surface area (Å²) in [5.41, 5.74) is 0.906. The van der Waals surface area contributed by atoms with E-state index < -0.39 is 22.2 Å². The fraction of sp³-hybridized carbons (Fsp3) is 0.429. The summed E-state index contributed by atoms with van der Waals surface area (Å²) in [6.07, 6.45) is 1.88. The molecule has 1 atom stereocenters. The van der Waals surface area contributed by atoms with Gasteiger partial charge in [0.25, 0.3) is 0 Å². The summed E-state index contributed by atoms with van der Waals surface area (Å²) in [6.45, 7) is 2.30. The summed E-state index contributed by atoms with van der Waals surface area (Å²) in [4.78, 5) is 23.9. The molecule has 0 aromatic heterocycles. The number of hydrogen-bond donors (Lipinski definition) is 1. The average Bonchev–Trinajstić information content (AvgIpc) is 2.87. The van der Waals surface area contributed by atoms with Gasteiger partial charge in [-0.15, -0.1) is 3.89 Å². The third-order valence-electron chi connectivity index (χ3n) is 3.73. The number of hydrogen-bond acceptors (Lipinski definition) is 5. The van der Waals surface area contributed by atoms with Gasteiger partial charge in [0.05, 0.1) is 0 Å². The number of nitrogens with zero attached hydrogens (tertiary/aromatic N) is 1. The van der Waals surface area contributed by atoms with Gasteiger partial charge in [-0.3, -0.25) is 14.9 Å². The smallest absolute Gasteiger partial charge is 0.332 e. The Morgan fingerprint density at radius 3 is 2.82 bits per heavy atom. The topological polar surface area (TPSA) is 83.6 Å². The lowest BCUT2D eigenvalue weighted by Crippen LogP contribution is -2.46. The molecule has 1 aromatic rings. The van der Waals surface area contributed by atoms with Gasteiger partial charge >= 0.3 is 10.2 Å². The number of carbonyl (C=O) groups excluding carboxylic acids is 2. The first-order valence-corrected chi connectivity index (χ1v) is 8.35. The molecule has 0 fully saturated rings. The van der Waals surface area contributed by atoms with E-state index in [0.717, 1.165) is 0 Å². The second-order valence-electron chi connectivity index (χ2n) is 5.07. The van der Waals surface area contributed by atoms with Crippen LogP contribution in [0.4, 0.5) is 9.57 Å². The molecule has 0 saturated heterocycles. The van der Waals surface area contributed by atoms with Gasteiger partial charge in [0.1, 0.15) is 10.9 Å². The molecule has 0 radical (unpaired) electrons. The van der Waals surface area contributed by atoms with E-state index in [-0.39, 0.29) is 4.90 Å². The zero-order valence-electron chi connectivity index (χ0n) is 12.1. The highest BCUT2D eigenvalue weighted by Gasteiger charge is 2.33. The van der Waals surface area contributed by atoms with Crippen molar-refractivity contribution in [1.29, 1.82) is 0 Å². The first kappa shape index (κ1) is 16.4. The van der Waals surface area contributed by atoms with Crippen LogP contribution in [-0.4, -0.2) is 33.3 Å². The van der Waals surface area contributed by atoms with Crippen molar-refractivity contribution >= 4 is 28.2 Å². The Morgan fingerprint density at radius 1 is 1.50 bits per heavy atom. The monoisotopic (exact) mass is 328 g/mol. The van der Waals surface area contributed by atoms with Gasteiger partial charge in [-0.05, 0) is 30.5 Å². The van der Waals surface area contributed by atoms with Gasteiger partial charge in [0, 0.05) is 12.2 Å². The van der Waals surface area contributed by atoms with Gasteiger partial charge in [-0.25, -0.2) is 0 Å². The molecule has 1 N–H and O–H groups in total. The predicted octanol–water partition coefficient (Wildman–Crippen LogP) is 1.15. The number of rotatable bonds is 6. The van der Waals surface area contributed by atoms with Crippen LogP contribution in [0, 0.1) is 0 Å². The van der Waals surface area contributed by atoms with Crippen molar-refractivity contribution in [2.45, 2.75) is 37.1 Å². The molecule has 1 aromatic carbocycles. The lowest BCUT2D eigenvalue weighted by molar-refractivity contribution is -0.126. The van der Waals surface area contributed by atoms with Crippen molar-refractivity contribution in [3.63, 3.8) is 0 Å². The lowest BCUT2D eigenvalue weighted by Gasteiger charge is -2.28. The molecule has 2 rings (SSSR count). The molecule has 0 bridgehead atoms. The highest BCUT2D eigenvalue weighted by Crippen LogP contribution is 2.35. The molecule has 6 nitrogen and oxygen atoms in total. The molecule has 2 amide bonds. The predicted molar refractivity (Wildman–Crippen MR) is 78.7 cm³/mol. The quantitative estimate of drug-likeness (QED) is 0.625. The zero-order valence-corrected chi connectivity index (χ0v) is 12.9. The number of benzene rings is 1. The second kappa shape index (κ2) is 6.43. The van der Waals surface area contributed by atoms with Crippen molar-refractivity contribution in [2.24, 2.45) is 0 Å². The summed E-state index contributed by atoms with van der Waals surface area (Å²) in [7, 11) is -4.80. The van der Waals surface area contributed by atoms with E-state index in [1.54, 1.807) is 11.0 Å². The zero-order chi connectivity index (χ0) is 16.3. The standard InChI is InChI=1S/C14H17FN2O4S/c1-2-4-12(14(19)16-9-18)17-8-7-10-11(17)5-3-6-13(10)22(15,20)21/h3,5-6,9,12H,2,4,7-8H2,1H3,(H,16,18,19). The first-order valence-electron chi connectivity index (χ1n) is 6.97. The number of nitrogens with one attached hydrogen (secondary N) is 1. The third-order valence-corrected chi connectivity index (χ3v) is 4.63. The second-order valence-corrected chi connectivity index (χ2v) is 6.38. The summed E-state index contributed by atoms with van der Waals surface area (Å²) in [6, 6.07) is 3.74. The maximum atomic E-state index is 13.4. The highest BCUT2D eigenvalue weighted by atomic mass is 32.3. The van der Waals surface area contributed by atoms with E-state index in [1.807, 2.05) is 6.92 Å². The fourth-order valence-corrected chi connectivity index (χ4v) is 3.58. The number of amides is 2. The lowest BCUT2D eigenvalue weighted by atomic mass is 10.1. The molecule has 1 unspecified atom stereocenters. The molecule has 0 spiro atoms. The van der Waals surface area contributed by atoms with E-state index in [2.05, 4.69) is 5.32 Å². The van der Waals surface area contributed by atoms with Crippen molar-refractivity contribution in [2.75, 3.05) is 11.4 Å². The molecule has 22 heavy (non-hydrogen) atoms. The summed E-state index contributed by atoms with van der Waals surface area (Å²) in [5, 5.41) is 2.13. The maximum absolute atomic E-state index is 13.4. The molecular weight excluding hydrogens is 311 g/mol. The average molecular weight is 328 g/mol. The molecular formula is C14H17FN2O4S. The minimum absolute atomic E-state index is 0.324. The maximum Gasteiger partial charge on any atom is 0.332 e. The van der Waals surface area contributed by atoms with Crippen LogP contribution in [0.25, 0.3) is 0 Å². The van der Waals surface area contributed by atoms with Gasteiger partial charge in [0.2, 0.25) is 12.3 Å². The Kier molecular flexibility index (Phi) is 4.80. The fourth-order valence-electron chi connectivity index (χ4n) is 2.84. The molecule has 8 heteroatoms. The van der Waals surface area contributed by atoms with E-state index in [9.17, 15) is 21.9 Å². The normalized spacial score (nSPS) is 15.3. The van der Waals surface area contributed by atoms with E-state index in [0.29, 0.717) is 43.5 Å². The van der Waals surface area contributed by atoms with Gasteiger partial charge in [-0.1, -0.05) is 19.4 Å². The van der Waals surface area contributed by atoms with E-state index >= 15 is 0 Å². The van der Waals surface area contributed by atoms with Crippen LogP contribution in [0.2, 0.25) is 0 Å². The Bertz CT molecular complexity index is 690. The van der Waals surface area contributed by atoms with Crippen LogP contribution in [0.15, 0.2) is 23.1 Å². The van der Waals surface area contributed by atoms with Gasteiger partial charge in [0.15, 0.2) is 0 Å². The SMILES string of the molecule is CCCC(C(=O)NC=O)N1CCc2c1cccc2S(=O)(=O)F. The van der Waals surface area contributed by atoms with Crippen LogP contribution in [0.1, 0.15) is 25.3 Å². The van der Waals surface area contributed by atoms with Crippen molar-refractivity contribution in [3.8, 4) is 0 Å². The summed E-state index contributed by atoms with van der Waals surface area (Å²) >= 11 is 0. The number of halogens is 1. The molecule has 0 saturated carbocycles. The number of fused-ring (bicyclic) bond motifs is 1. The first-order chi connectivity index (χ1) is 10.4. The van der Waals surface area contributed by atoms with E-state index in [4.69, 9.17) is 0 Å². The van der Waals surface area contributed by atoms with Crippen LogP contribution in [0.5, 0.6) is 0 Å². The van der Waals surface area contributed by atoms with Gasteiger partial charge in [-0.2, -0.15) is 8.42 Å². The Hall–Kier alpha value is -1.96. The molecule has 1 aliphatic rings. The third kappa shape index (κ3) is 3.11. The Balaban J connectivity index is 2.42. The Labute approximate surface area is 128 Å². The van der Waals surface area contributed by atoms with Gasteiger partial charge < -0.3 is 4.90 Å². The van der Waals surface area contributed by atoms with Crippen molar-refractivity contribution in [1.82, 2.24) is 5.32 Å². The highest BCUT2D eigenvalue weighted by molar-refractivity contribution is 7.86. The van der Waals surface area contributed by atoms with Crippen molar-refractivity contribution in [3.05, 3.63) is 23.8 Å². The van der Waals surface area contributed by atoms with Crippen LogP contribution in [-0.2, 0) is 26.2 Å².